The lowest BCUT2D eigenvalue weighted by Crippen LogP contribution is -4.05. The largest absolute Gasteiger partial charge is 0.427 e. The van der Waals surface area contributed by atoms with Crippen molar-refractivity contribution in [2.24, 2.45) is 0 Å². The molecule has 0 unspecified atom stereocenters. The van der Waals surface area contributed by atoms with Crippen LogP contribution in [0, 0.1) is 0 Å². The highest BCUT2D eigenvalue weighted by Crippen LogP contribution is -0.129. The van der Waals surface area contributed by atoms with E-state index in [1.807, 2.05) is 0 Å². The maximum Gasteiger partial charge on any atom is 0.282 e. The lowest BCUT2D eigenvalue weighted by atomic mass is 16.0. The fourth-order valence-corrected chi connectivity index (χ4v) is 0. The summed E-state index contributed by atoms with van der Waals surface area (Å²) in [5.74, 6) is 0. The Balaban J connectivity index is -0.0000000450. The Morgan fingerprint density at radius 2 is 0.385 bits per heavy atom. The molecule has 3 radical (unpaired) electrons. The molecular weight excluding hydrogens is 552 g/mol. The van der Waals surface area contributed by atoms with Crippen molar-refractivity contribution in [3.63, 3.8) is 0 Å². The molecule has 0 aliphatic carbocycles. The molecular formula is AlI3O9-3. The van der Waals surface area contributed by atoms with Gasteiger partial charge in [-0.2, -0.15) is 0 Å². The highest BCUT2D eigenvalue weighted by molar-refractivity contribution is 5.75. The van der Waals surface area contributed by atoms with Gasteiger partial charge in [-0.3, -0.25) is 0 Å². The van der Waals surface area contributed by atoms with Crippen LogP contribution in [-0.4, -0.2) is 17.4 Å². The van der Waals surface area contributed by atoms with E-state index in [4.69, 9.17) is 30.9 Å². The van der Waals surface area contributed by atoms with Crippen LogP contribution in [0.5, 0.6) is 0 Å². The standard InChI is InChI=1S/Al.3IO3/c;3*2-1(3)4/q;3*-1. The van der Waals surface area contributed by atoms with Gasteiger partial charge in [-0.25, -0.2) is 0 Å². The van der Waals surface area contributed by atoms with E-state index < -0.39 is 63.2 Å². The molecule has 0 fully saturated rings. The first-order valence-electron chi connectivity index (χ1n) is 1.39. The molecule has 0 saturated carbocycles. The first kappa shape index (κ1) is 24.5. The van der Waals surface area contributed by atoms with Crippen LogP contribution in [0.4, 0.5) is 0 Å². The van der Waals surface area contributed by atoms with Gasteiger partial charge in [0.05, 0.1) is 0 Å². The summed E-state index contributed by atoms with van der Waals surface area (Å²) in [5.41, 5.74) is 0. The van der Waals surface area contributed by atoms with E-state index in [9.17, 15) is 0 Å². The lowest BCUT2D eigenvalue weighted by Gasteiger charge is -1.84. The minimum absolute atomic E-state index is 0. The van der Waals surface area contributed by atoms with Crippen molar-refractivity contribution in [2.45, 2.75) is 0 Å². The van der Waals surface area contributed by atoms with Crippen LogP contribution < -0.4 is 94.1 Å². The summed E-state index contributed by atoms with van der Waals surface area (Å²) in [6.45, 7) is 0. The maximum absolute atomic E-state index is 8.57. The van der Waals surface area contributed by atoms with E-state index in [1.165, 1.54) is 0 Å². The van der Waals surface area contributed by atoms with Gasteiger partial charge in [0.2, 0.25) is 0 Å². The first-order chi connectivity index (χ1) is 5.20. The summed E-state index contributed by atoms with van der Waals surface area (Å²) in [7, 11) is 0. The van der Waals surface area contributed by atoms with E-state index in [0.29, 0.717) is 0 Å². The summed E-state index contributed by atoms with van der Waals surface area (Å²) < 4.78 is 77.2. The molecule has 13 heteroatoms. The van der Waals surface area contributed by atoms with Crippen molar-refractivity contribution in [2.75, 3.05) is 0 Å². The molecule has 0 heterocycles. The van der Waals surface area contributed by atoms with Crippen LogP contribution in [-0.2, 0) is 0 Å². The fourth-order valence-electron chi connectivity index (χ4n) is 0. The normalized spacial score (nSPS) is 8.31. The zero-order valence-electron chi connectivity index (χ0n) is 5.39. The summed E-state index contributed by atoms with van der Waals surface area (Å²) >= 11 is -12.0. The molecule has 0 aliphatic rings. The van der Waals surface area contributed by atoms with Crippen molar-refractivity contribution in [3.05, 3.63) is 0 Å². The van der Waals surface area contributed by atoms with Gasteiger partial charge < -0.3 is 30.9 Å². The van der Waals surface area contributed by atoms with E-state index >= 15 is 0 Å². The topological polar surface area (TPSA) is 208 Å². The predicted molar refractivity (Wildman–Crippen MR) is 5.75 cm³/mol. The van der Waals surface area contributed by atoms with Gasteiger partial charge in [-0.15, -0.1) is 0 Å². The average molecular weight is 552 g/mol. The van der Waals surface area contributed by atoms with Crippen LogP contribution in [0.2, 0.25) is 0 Å². The highest BCUT2D eigenvalue weighted by atomic mass is 127. The molecule has 0 rings (SSSR count). The van der Waals surface area contributed by atoms with E-state index in [2.05, 4.69) is 0 Å². The molecule has 0 aliphatic heterocycles. The van der Waals surface area contributed by atoms with Crippen molar-refractivity contribution in [1.29, 1.82) is 0 Å². The lowest BCUT2D eigenvalue weighted by molar-refractivity contribution is -1.73. The minimum atomic E-state index is -4.01. The summed E-state index contributed by atoms with van der Waals surface area (Å²) in [5, 5.41) is 0. The third-order valence-electron chi connectivity index (χ3n) is 0. The highest BCUT2D eigenvalue weighted by Gasteiger charge is 1.70. The second-order valence-corrected chi connectivity index (χ2v) is 3.80. The Labute approximate surface area is 110 Å². The van der Waals surface area contributed by atoms with Gasteiger partial charge in [0.15, 0.2) is 0 Å². The quantitative estimate of drug-likeness (QED) is 0.206. The Kier molecular flexibility index (Phi) is 37.5. The zero-order chi connectivity index (χ0) is 10.7. The zero-order valence-corrected chi connectivity index (χ0v) is 13.0. The molecule has 0 aromatic rings. The Hall–Kier alpha value is 2.36. The molecule has 0 atom stereocenters. The van der Waals surface area contributed by atoms with Crippen LogP contribution >= 0.6 is 0 Å². The van der Waals surface area contributed by atoms with Crippen LogP contribution in [0.25, 0.3) is 0 Å². The molecule has 0 amide bonds. The molecule has 0 aromatic heterocycles. The maximum atomic E-state index is 8.57. The van der Waals surface area contributed by atoms with Gasteiger partial charge >= 0.3 is 0 Å². The van der Waals surface area contributed by atoms with E-state index in [1.54, 1.807) is 0 Å². The number of halogens is 3. The van der Waals surface area contributed by atoms with Crippen LogP contribution in [0.15, 0.2) is 0 Å². The van der Waals surface area contributed by atoms with E-state index in [0.717, 1.165) is 0 Å². The molecule has 0 aromatic carbocycles. The number of hydrogen-bond acceptors (Lipinski definition) is 9. The molecule has 81 valence electrons. The van der Waals surface area contributed by atoms with E-state index in [-0.39, 0.29) is 17.4 Å². The molecule has 0 N–H and O–H groups in total. The van der Waals surface area contributed by atoms with Crippen LogP contribution in [0.1, 0.15) is 0 Å². The summed E-state index contributed by atoms with van der Waals surface area (Å²) in [4.78, 5) is 0. The Bertz CT molecular complexity index is 43.4. The first-order valence-corrected chi connectivity index (χ1v) is 9.32. The summed E-state index contributed by atoms with van der Waals surface area (Å²) in [6.07, 6.45) is 0. The fraction of sp³-hybridized carbons (Fsp3) is 0. The number of hydrogen-bond donors (Lipinski definition) is 0. The van der Waals surface area contributed by atoms with Crippen molar-refractivity contribution in [1.82, 2.24) is 0 Å². The monoisotopic (exact) mass is 552 g/mol. The van der Waals surface area contributed by atoms with Gasteiger partial charge in [-0.05, 0) is 0 Å². The van der Waals surface area contributed by atoms with Gasteiger partial charge in [0, 0.05) is 17.4 Å². The van der Waals surface area contributed by atoms with Crippen molar-refractivity contribution >= 4 is 17.4 Å². The SMILES string of the molecule is [Al].[O-][I+2]([O-])[O-].[O-][I+2]([O-])[O-].[O-][I+2]([O-])[O-]. The van der Waals surface area contributed by atoms with Crippen molar-refractivity contribution < 1.29 is 94.1 Å². The second kappa shape index (κ2) is 19.9. The third-order valence-corrected chi connectivity index (χ3v) is 0. The molecule has 13 heavy (non-hydrogen) atoms. The molecule has 9 nitrogen and oxygen atoms in total. The average Bonchev–Trinajstić information content (AvgIpc) is 1.54. The molecule has 0 saturated heterocycles. The van der Waals surface area contributed by atoms with Gasteiger partial charge in [-0.1, -0.05) is 0 Å². The third kappa shape index (κ3) is 393. The number of rotatable bonds is 0. The molecule has 0 bridgehead atoms. The van der Waals surface area contributed by atoms with Gasteiger partial charge in [0.1, 0.15) is 0 Å². The van der Waals surface area contributed by atoms with Crippen molar-refractivity contribution in [3.8, 4) is 0 Å². The second-order valence-electron chi connectivity index (χ2n) is 0.567. The van der Waals surface area contributed by atoms with Gasteiger partial charge in [0.25, 0.3) is 63.2 Å². The predicted octanol–water partition coefficient (Wildman–Crippen LogP) is -20.1. The minimum Gasteiger partial charge on any atom is -0.427 e. The summed E-state index contributed by atoms with van der Waals surface area (Å²) in [6, 6.07) is 0. The Morgan fingerprint density at radius 1 is 0.385 bits per heavy atom. The smallest absolute Gasteiger partial charge is 0.282 e. The van der Waals surface area contributed by atoms with Crippen LogP contribution in [0.3, 0.4) is 0 Å². The molecule has 0 spiro atoms. The Morgan fingerprint density at radius 3 is 0.385 bits per heavy atom.